The van der Waals surface area contributed by atoms with Gasteiger partial charge >= 0.3 is 5.97 Å². The molecule has 2 aliphatic rings. The van der Waals surface area contributed by atoms with Gasteiger partial charge in [-0.1, -0.05) is 18.2 Å². The van der Waals surface area contributed by atoms with E-state index in [1.54, 1.807) is 30.5 Å². The summed E-state index contributed by atoms with van der Waals surface area (Å²) in [4.78, 5) is 37.3. The van der Waals surface area contributed by atoms with Gasteiger partial charge in [-0.15, -0.1) is 0 Å². The number of nitrogens with one attached hydrogen (secondary N) is 1. The summed E-state index contributed by atoms with van der Waals surface area (Å²) >= 11 is 0. The highest BCUT2D eigenvalue weighted by atomic mass is 19.1. The predicted molar refractivity (Wildman–Crippen MR) is 116 cm³/mol. The number of esters is 1. The van der Waals surface area contributed by atoms with Crippen LogP contribution in [0.25, 0.3) is 11.1 Å². The van der Waals surface area contributed by atoms with Gasteiger partial charge in [0.2, 0.25) is 5.95 Å². The van der Waals surface area contributed by atoms with E-state index in [4.69, 9.17) is 4.74 Å². The Kier molecular flexibility index (Phi) is 5.13. The standard InChI is InChI=1S/C24H21FN4O4/c25-11-15-2-1-3-16(10-15)17-12-27-22(28-13-17)29-21(31)23(32)5-7-24(8-6-23)19-4-9-26-14-18(19)20(30)33-24/h1-4,9-10,12-14,32H,5-8,11H2,(H,27,28,29,31). The maximum Gasteiger partial charge on any atom is 0.341 e. The molecule has 0 atom stereocenters. The minimum Gasteiger partial charge on any atom is -0.450 e. The number of carbonyl (C=O) groups is 2. The molecule has 8 nitrogen and oxygen atoms in total. The number of anilines is 1. The van der Waals surface area contributed by atoms with E-state index in [0.717, 1.165) is 11.1 Å². The molecule has 1 spiro atoms. The van der Waals surface area contributed by atoms with E-state index in [9.17, 15) is 19.1 Å². The summed E-state index contributed by atoms with van der Waals surface area (Å²) < 4.78 is 18.6. The van der Waals surface area contributed by atoms with Crippen LogP contribution in [-0.4, -0.2) is 37.5 Å². The number of ether oxygens (including phenoxy) is 1. The molecule has 1 saturated carbocycles. The van der Waals surface area contributed by atoms with Gasteiger partial charge in [0.15, 0.2) is 0 Å². The van der Waals surface area contributed by atoms with Crippen molar-refractivity contribution in [3.63, 3.8) is 0 Å². The summed E-state index contributed by atoms with van der Waals surface area (Å²) in [5.74, 6) is -0.981. The summed E-state index contributed by atoms with van der Waals surface area (Å²) in [5, 5.41) is 13.6. The highest BCUT2D eigenvalue weighted by Gasteiger charge is 2.53. The summed E-state index contributed by atoms with van der Waals surface area (Å²) in [6.45, 7) is -0.565. The van der Waals surface area contributed by atoms with Crippen LogP contribution in [0.2, 0.25) is 0 Å². The lowest BCUT2D eigenvalue weighted by Gasteiger charge is -2.40. The summed E-state index contributed by atoms with van der Waals surface area (Å²) in [6, 6.07) is 8.73. The van der Waals surface area contributed by atoms with E-state index in [1.165, 1.54) is 18.6 Å². The number of pyridine rings is 1. The molecule has 2 aromatic heterocycles. The van der Waals surface area contributed by atoms with Gasteiger partial charge in [-0.25, -0.2) is 19.2 Å². The fourth-order valence-corrected chi connectivity index (χ4v) is 4.50. The number of hydrogen-bond donors (Lipinski definition) is 2. The summed E-state index contributed by atoms with van der Waals surface area (Å²) in [7, 11) is 0. The molecule has 1 amide bonds. The average Bonchev–Trinajstić information content (AvgIpc) is 3.13. The molecule has 0 saturated heterocycles. The van der Waals surface area contributed by atoms with Crippen LogP contribution in [0.3, 0.4) is 0 Å². The van der Waals surface area contributed by atoms with Crippen LogP contribution in [0.1, 0.15) is 47.2 Å². The summed E-state index contributed by atoms with van der Waals surface area (Å²) in [6.07, 6.45) is 6.99. The van der Waals surface area contributed by atoms with Crippen LogP contribution in [-0.2, 0) is 21.8 Å². The number of aliphatic hydroxyl groups is 1. The molecule has 5 rings (SSSR count). The Morgan fingerprint density at radius 2 is 1.85 bits per heavy atom. The van der Waals surface area contributed by atoms with Gasteiger partial charge in [-0.2, -0.15) is 0 Å². The normalized spacial score (nSPS) is 23.8. The van der Waals surface area contributed by atoms with Gasteiger partial charge in [0.05, 0.1) is 5.56 Å². The van der Waals surface area contributed by atoms with Gasteiger partial charge in [-0.3, -0.25) is 15.1 Å². The number of carbonyl (C=O) groups excluding carboxylic acids is 2. The van der Waals surface area contributed by atoms with E-state index in [0.29, 0.717) is 29.5 Å². The highest BCUT2D eigenvalue weighted by molar-refractivity contribution is 5.96. The molecule has 1 fully saturated rings. The number of benzene rings is 1. The second kappa shape index (κ2) is 8.00. The Bertz CT molecular complexity index is 1220. The topological polar surface area (TPSA) is 114 Å². The fourth-order valence-electron chi connectivity index (χ4n) is 4.50. The van der Waals surface area contributed by atoms with Crippen molar-refractivity contribution in [3.8, 4) is 11.1 Å². The third-order valence-electron chi connectivity index (χ3n) is 6.42. The SMILES string of the molecule is O=C1OC2(CCC(O)(C(=O)Nc3ncc(-c4cccc(CF)c4)cn3)CC2)c2ccncc21. The Balaban J connectivity index is 1.27. The molecule has 0 bridgehead atoms. The van der Waals surface area contributed by atoms with E-state index >= 15 is 0 Å². The van der Waals surface area contributed by atoms with Crippen LogP contribution >= 0.6 is 0 Å². The minimum atomic E-state index is -1.63. The second-order valence-corrected chi connectivity index (χ2v) is 8.42. The maximum atomic E-state index is 12.9. The first kappa shape index (κ1) is 21.1. The molecular weight excluding hydrogens is 427 g/mol. The van der Waals surface area contributed by atoms with Crippen molar-refractivity contribution in [2.24, 2.45) is 0 Å². The lowest BCUT2D eigenvalue weighted by atomic mass is 9.72. The number of alkyl halides is 1. The first-order chi connectivity index (χ1) is 15.9. The molecule has 2 N–H and O–H groups in total. The third-order valence-corrected chi connectivity index (χ3v) is 6.42. The van der Waals surface area contributed by atoms with Crippen molar-refractivity contribution in [2.75, 3.05) is 5.32 Å². The number of amides is 1. The molecular formula is C24H21FN4O4. The molecule has 0 unspecified atom stereocenters. The van der Waals surface area contributed by atoms with Crippen molar-refractivity contribution in [1.29, 1.82) is 0 Å². The van der Waals surface area contributed by atoms with Gasteiger partial charge in [0.25, 0.3) is 5.91 Å². The fraction of sp³-hybridized carbons (Fsp3) is 0.292. The molecule has 3 heterocycles. The molecule has 1 aromatic carbocycles. The number of rotatable bonds is 4. The van der Waals surface area contributed by atoms with Crippen molar-refractivity contribution < 1.29 is 23.8 Å². The average molecular weight is 448 g/mol. The van der Waals surface area contributed by atoms with E-state index in [-0.39, 0.29) is 18.8 Å². The van der Waals surface area contributed by atoms with Crippen LogP contribution in [0.4, 0.5) is 10.3 Å². The van der Waals surface area contributed by atoms with Crippen molar-refractivity contribution in [1.82, 2.24) is 15.0 Å². The maximum absolute atomic E-state index is 12.9. The quantitative estimate of drug-likeness (QED) is 0.589. The van der Waals surface area contributed by atoms with Gasteiger partial charge < -0.3 is 9.84 Å². The van der Waals surface area contributed by atoms with Gasteiger partial charge in [0, 0.05) is 35.9 Å². The lowest BCUT2D eigenvalue weighted by molar-refractivity contribution is -0.144. The van der Waals surface area contributed by atoms with Crippen molar-refractivity contribution >= 4 is 17.8 Å². The van der Waals surface area contributed by atoms with Crippen LogP contribution in [0.5, 0.6) is 0 Å². The van der Waals surface area contributed by atoms with Crippen LogP contribution < -0.4 is 5.32 Å². The first-order valence-electron chi connectivity index (χ1n) is 10.6. The second-order valence-electron chi connectivity index (χ2n) is 8.42. The molecule has 3 aromatic rings. The highest BCUT2D eigenvalue weighted by Crippen LogP contribution is 2.49. The van der Waals surface area contributed by atoms with Crippen LogP contribution in [0, 0.1) is 0 Å². The first-order valence-corrected chi connectivity index (χ1v) is 10.6. The largest absolute Gasteiger partial charge is 0.450 e. The smallest absolute Gasteiger partial charge is 0.341 e. The van der Waals surface area contributed by atoms with Gasteiger partial charge in [0.1, 0.15) is 17.9 Å². The van der Waals surface area contributed by atoms with Crippen LogP contribution in [0.15, 0.2) is 55.1 Å². The zero-order chi connectivity index (χ0) is 23.1. The van der Waals surface area contributed by atoms with E-state index in [2.05, 4.69) is 20.3 Å². The minimum absolute atomic E-state index is 0.0582. The number of fused-ring (bicyclic) bond motifs is 2. The van der Waals surface area contributed by atoms with E-state index < -0.39 is 29.8 Å². The Morgan fingerprint density at radius 1 is 1.09 bits per heavy atom. The Morgan fingerprint density at radius 3 is 2.58 bits per heavy atom. The van der Waals surface area contributed by atoms with Crippen molar-refractivity contribution in [3.05, 3.63) is 71.8 Å². The zero-order valence-electron chi connectivity index (χ0n) is 17.6. The number of hydrogen-bond acceptors (Lipinski definition) is 7. The van der Waals surface area contributed by atoms with E-state index in [1.807, 2.05) is 6.07 Å². The zero-order valence-corrected chi connectivity index (χ0v) is 17.6. The molecule has 1 aliphatic heterocycles. The molecule has 1 aliphatic carbocycles. The van der Waals surface area contributed by atoms with Gasteiger partial charge in [-0.05, 0) is 48.9 Å². The Hall–Kier alpha value is -3.72. The molecule has 168 valence electrons. The molecule has 9 heteroatoms. The molecule has 33 heavy (non-hydrogen) atoms. The number of nitrogens with zero attached hydrogens (tertiary/aromatic N) is 3. The Labute approximate surface area is 188 Å². The van der Waals surface area contributed by atoms with Crippen molar-refractivity contribution in [2.45, 2.75) is 43.6 Å². The predicted octanol–water partition coefficient (Wildman–Crippen LogP) is 3.32. The molecule has 0 radical (unpaired) electrons. The number of halogens is 1. The summed E-state index contributed by atoms with van der Waals surface area (Å²) in [5.41, 5.74) is 0.699. The number of aromatic nitrogens is 3. The lowest BCUT2D eigenvalue weighted by Crippen LogP contribution is -2.49. The third kappa shape index (κ3) is 3.74. The monoisotopic (exact) mass is 448 g/mol.